The van der Waals surface area contributed by atoms with E-state index >= 15 is 0 Å². The minimum atomic E-state index is 0.186. The van der Waals surface area contributed by atoms with Gasteiger partial charge in [-0.2, -0.15) is 4.98 Å². The van der Waals surface area contributed by atoms with Crippen molar-refractivity contribution in [2.45, 2.75) is 39.2 Å². The number of rotatable bonds is 9. The molecule has 19 heavy (non-hydrogen) atoms. The second-order valence-corrected chi connectivity index (χ2v) is 4.37. The highest BCUT2D eigenvalue weighted by Crippen LogP contribution is 2.25. The highest BCUT2D eigenvalue weighted by molar-refractivity contribution is 5.66. The number of aromatic nitrogens is 2. The van der Waals surface area contributed by atoms with Gasteiger partial charge in [0, 0.05) is 7.11 Å². The van der Waals surface area contributed by atoms with Crippen molar-refractivity contribution >= 4 is 11.5 Å². The SMILES string of the molecule is CCCOc1ncnc(NC(CCC)COC)c1N. The molecule has 6 nitrogen and oxygen atoms in total. The van der Waals surface area contributed by atoms with Gasteiger partial charge in [-0.25, -0.2) is 4.98 Å². The van der Waals surface area contributed by atoms with Gasteiger partial charge in [0.05, 0.1) is 19.3 Å². The average Bonchev–Trinajstić information content (AvgIpc) is 2.40. The Balaban J connectivity index is 2.75. The molecule has 0 fully saturated rings. The van der Waals surface area contributed by atoms with Crippen LogP contribution in [0.3, 0.4) is 0 Å². The summed E-state index contributed by atoms with van der Waals surface area (Å²) in [6, 6.07) is 0.186. The number of hydrogen-bond donors (Lipinski definition) is 2. The van der Waals surface area contributed by atoms with Crippen molar-refractivity contribution in [1.82, 2.24) is 9.97 Å². The Bertz CT molecular complexity index is 368. The quantitative estimate of drug-likeness (QED) is 0.713. The number of ether oxygens (including phenoxy) is 2. The zero-order valence-corrected chi connectivity index (χ0v) is 12.0. The molecule has 0 aliphatic rings. The molecule has 0 aromatic carbocycles. The predicted octanol–water partition coefficient (Wildman–Crippen LogP) is 2.07. The highest BCUT2D eigenvalue weighted by atomic mass is 16.5. The summed E-state index contributed by atoms with van der Waals surface area (Å²) in [5, 5.41) is 3.28. The average molecular weight is 268 g/mol. The fourth-order valence-corrected chi connectivity index (χ4v) is 1.75. The van der Waals surface area contributed by atoms with E-state index in [0.717, 1.165) is 19.3 Å². The summed E-state index contributed by atoms with van der Waals surface area (Å²) in [5.41, 5.74) is 6.46. The first-order valence-corrected chi connectivity index (χ1v) is 6.71. The van der Waals surface area contributed by atoms with Gasteiger partial charge in [-0.3, -0.25) is 0 Å². The van der Waals surface area contributed by atoms with Crippen LogP contribution in [0.15, 0.2) is 6.33 Å². The van der Waals surface area contributed by atoms with E-state index in [1.54, 1.807) is 7.11 Å². The van der Waals surface area contributed by atoms with Gasteiger partial charge >= 0.3 is 0 Å². The van der Waals surface area contributed by atoms with Crippen LogP contribution < -0.4 is 15.8 Å². The highest BCUT2D eigenvalue weighted by Gasteiger charge is 2.13. The Kier molecular flexibility index (Phi) is 6.95. The Hall–Kier alpha value is -1.56. The molecule has 1 aromatic heterocycles. The van der Waals surface area contributed by atoms with Gasteiger partial charge in [-0.05, 0) is 12.8 Å². The van der Waals surface area contributed by atoms with Crippen LogP contribution in [0.25, 0.3) is 0 Å². The van der Waals surface area contributed by atoms with E-state index in [-0.39, 0.29) is 6.04 Å². The van der Waals surface area contributed by atoms with Crippen LogP contribution >= 0.6 is 0 Å². The minimum absolute atomic E-state index is 0.186. The van der Waals surface area contributed by atoms with Gasteiger partial charge in [-0.15, -0.1) is 0 Å². The van der Waals surface area contributed by atoms with Crippen molar-refractivity contribution in [2.24, 2.45) is 0 Å². The monoisotopic (exact) mass is 268 g/mol. The molecule has 1 unspecified atom stereocenters. The molecular weight excluding hydrogens is 244 g/mol. The van der Waals surface area contributed by atoms with Crippen LogP contribution in [-0.4, -0.2) is 36.3 Å². The molecule has 0 saturated carbocycles. The summed E-state index contributed by atoms with van der Waals surface area (Å²) in [5.74, 6) is 1.05. The van der Waals surface area contributed by atoms with Gasteiger partial charge in [0.1, 0.15) is 12.0 Å². The van der Waals surface area contributed by atoms with Gasteiger partial charge in [0.25, 0.3) is 0 Å². The third-order valence-corrected chi connectivity index (χ3v) is 2.64. The molecule has 6 heteroatoms. The molecule has 1 aromatic rings. The Morgan fingerprint density at radius 2 is 2.11 bits per heavy atom. The van der Waals surface area contributed by atoms with E-state index < -0.39 is 0 Å². The van der Waals surface area contributed by atoms with Crippen LogP contribution in [0.1, 0.15) is 33.1 Å². The maximum absolute atomic E-state index is 6.01. The molecule has 0 spiro atoms. The maximum atomic E-state index is 6.01. The number of hydrogen-bond acceptors (Lipinski definition) is 6. The zero-order chi connectivity index (χ0) is 14.1. The largest absolute Gasteiger partial charge is 0.476 e. The van der Waals surface area contributed by atoms with Crippen molar-refractivity contribution in [3.05, 3.63) is 6.33 Å². The zero-order valence-electron chi connectivity index (χ0n) is 12.0. The molecule has 3 N–H and O–H groups in total. The van der Waals surface area contributed by atoms with Crippen LogP contribution in [0, 0.1) is 0 Å². The summed E-state index contributed by atoms with van der Waals surface area (Å²) in [7, 11) is 1.68. The van der Waals surface area contributed by atoms with Crippen LogP contribution in [0.2, 0.25) is 0 Å². The van der Waals surface area contributed by atoms with Crippen LogP contribution in [0.4, 0.5) is 11.5 Å². The predicted molar refractivity (Wildman–Crippen MR) is 76.4 cm³/mol. The Morgan fingerprint density at radius 1 is 1.32 bits per heavy atom. The van der Waals surface area contributed by atoms with Crippen molar-refractivity contribution in [2.75, 3.05) is 31.4 Å². The minimum Gasteiger partial charge on any atom is -0.476 e. The lowest BCUT2D eigenvalue weighted by atomic mass is 10.2. The smallest absolute Gasteiger partial charge is 0.242 e. The lowest BCUT2D eigenvalue weighted by Crippen LogP contribution is -2.26. The first-order chi connectivity index (χ1) is 9.22. The van der Waals surface area contributed by atoms with E-state index in [0.29, 0.717) is 30.6 Å². The third kappa shape index (κ3) is 4.90. The molecule has 0 saturated heterocycles. The third-order valence-electron chi connectivity index (χ3n) is 2.64. The Labute approximate surface area is 114 Å². The summed E-state index contributed by atoms with van der Waals surface area (Å²) in [6.07, 6.45) is 4.42. The topological polar surface area (TPSA) is 82.3 Å². The molecule has 0 amide bonds. The van der Waals surface area contributed by atoms with E-state index in [1.807, 2.05) is 6.92 Å². The van der Waals surface area contributed by atoms with Gasteiger partial charge in [-0.1, -0.05) is 20.3 Å². The van der Waals surface area contributed by atoms with E-state index in [2.05, 4.69) is 22.2 Å². The second-order valence-electron chi connectivity index (χ2n) is 4.37. The molecule has 0 aliphatic carbocycles. The number of nitrogens with two attached hydrogens (primary N) is 1. The van der Waals surface area contributed by atoms with E-state index in [4.69, 9.17) is 15.2 Å². The second kappa shape index (κ2) is 8.53. The first kappa shape index (κ1) is 15.5. The summed E-state index contributed by atoms with van der Waals surface area (Å²) >= 11 is 0. The summed E-state index contributed by atoms with van der Waals surface area (Å²) in [4.78, 5) is 8.21. The summed E-state index contributed by atoms with van der Waals surface area (Å²) < 4.78 is 10.7. The fourth-order valence-electron chi connectivity index (χ4n) is 1.75. The standard InChI is InChI=1S/C13H24N4O2/c1-4-6-10(8-18-3)17-12-11(14)13(16-9-15-12)19-7-5-2/h9-10H,4-8,14H2,1-3H3,(H,15,16,17). The number of methoxy groups -OCH3 is 1. The normalized spacial score (nSPS) is 12.2. The molecule has 0 bridgehead atoms. The van der Waals surface area contributed by atoms with Crippen molar-refractivity contribution in [1.29, 1.82) is 0 Å². The maximum Gasteiger partial charge on any atom is 0.242 e. The number of nitrogens with zero attached hydrogens (tertiary/aromatic N) is 2. The lowest BCUT2D eigenvalue weighted by molar-refractivity contribution is 0.182. The first-order valence-electron chi connectivity index (χ1n) is 6.71. The van der Waals surface area contributed by atoms with E-state index in [1.165, 1.54) is 6.33 Å². The van der Waals surface area contributed by atoms with Crippen LogP contribution in [-0.2, 0) is 4.74 Å². The van der Waals surface area contributed by atoms with Gasteiger partial charge < -0.3 is 20.5 Å². The fraction of sp³-hybridized carbons (Fsp3) is 0.692. The Morgan fingerprint density at radius 3 is 2.74 bits per heavy atom. The molecule has 0 radical (unpaired) electrons. The van der Waals surface area contributed by atoms with Crippen molar-refractivity contribution < 1.29 is 9.47 Å². The molecule has 1 heterocycles. The lowest BCUT2D eigenvalue weighted by Gasteiger charge is -2.19. The molecule has 0 aliphatic heterocycles. The van der Waals surface area contributed by atoms with E-state index in [9.17, 15) is 0 Å². The van der Waals surface area contributed by atoms with Crippen molar-refractivity contribution in [3.8, 4) is 5.88 Å². The molecule has 1 atom stereocenters. The van der Waals surface area contributed by atoms with Crippen molar-refractivity contribution in [3.63, 3.8) is 0 Å². The number of anilines is 2. The van der Waals surface area contributed by atoms with Gasteiger partial charge in [0.2, 0.25) is 5.88 Å². The number of nitrogens with one attached hydrogen (secondary N) is 1. The number of nitrogen functional groups attached to an aromatic ring is 1. The van der Waals surface area contributed by atoms with Crippen LogP contribution in [0.5, 0.6) is 5.88 Å². The summed E-state index contributed by atoms with van der Waals surface area (Å²) in [6.45, 7) is 5.37. The molecule has 108 valence electrons. The molecule has 1 rings (SSSR count). The van der Waals surface area contributed by atoms with Gasteiger partial charge in [0.15, 0.2) is 5.82 Å². The molecular formula is C13H24N4O2.